The molecule has 0 bridgehead atoms. The molecule has 3 atom stereocenters. The van der Waals surface area contributed by atoms with E-state index in [0.29, 0.717) is 5.92 Å². The lowest BCUT2D eigenvalue weighted by Gasteiger charge is -2.20. The Hall–Kier alpha value is -1.92. The van der Waals surface area contributed by atoms with Crippen LogP contribution >= 0.6 is 11.3 Å². The molecule has 0 amide bonds. The van der Waals surface area contributed by atoms with Gasteiger partial charge < -0.3 is 14.3 Å². The zero-order valence-corrected chi connectivity index (χ0v) is 15.7. The number of nitrogens with zero attached hydrogens (tertiary/aromatic N) is 1. The van der Waals surface area contributed by atoms with E-state index < -0.39 is 0 Å². The number of fused-ring (bicyclic) bond motifs is 3. The largest absolute Gasteiger partial charge is 0.463 e. The molecule has 3 aromatic heterocycles. The average Bonchev–Trinajstić information content (AvgIpc) is 3.20. The molecule has 25 heavy (non-hydrogen) atoms. The highest BCUT2D eigenvalue weighted by Crippen LogP contribution is 2.35. The first-order valence-corrected chi connectivity index (χ1v) is 9.73. The van der Waals surface area contributed by atoms with E-state index in [4.69, 9.17) is 9.40 Å². The molecule has 2 N–H and O–H groups in total. The summed E-state index contributed by atoms with van der Waals surface area (Å²) in [5, 5.41) is 0.825. The molecule has 0 saturated carbocycles. The third-order valence-corrected chi connectivity index (χ3v) is 6.51. The van der Waals surface area contributed by atoms with E-state index in [1.54, 1.807) is 17.6 Å². The smallest absolute Gasteiger partial charge is 0.260 e. The fraction of sp³-hybridized carbons (Fsp3) is 0.474. The third kappa shape index (κ3) is 3.04. The molecule has 1 aliphatic rings. The Balaban J connectivity index is 1.67. The monoisotopic (exact) mass is 358 g/mol. The van der Waals surface area contributed by atoms with E-state index in [2.05, 4.69) is 25.9 Å². The van der Waals surface area contributed by atoms with Crippen molar-refractivity contribution < 1.29 is 9.32 Å². The van der Waals surface area contributed by atoms with Gasteiger partial charge in [0.1, 0.15) is 17.4 Å². The van der Waals surface area contributed by atoms with E-state index in [1.807, 2.05) is 12.1 Å². The van der Waals surface area contributed by atoms with Crippen LogP contribution in [0.2, 0.25) is 0 Å². The van der Waals surface area contributed by atoms with Crippen molar-refractivity contribution in [3.63, 3.8) is 0 Å². The van der Waals surface area contributed by atoms with Crippen molar-refractivity contribution >= 4 is 21.6 Å². The number of aromatic nitrogens is 2. The van der Waals surface area contributed by atoms with Gasteiger partial charge in [0.2, 0.25) is 0 Å². The van der Waals surface area contributed by atoms with Crippen LogP contribution in [0.15, 0.2) is 27.6 Å². The summed E-state index contributed by atoms with van der Waals surface area (Å²) >= 11 is 1.71. The Morgan fingerprint density at radius 2 is 2.36 bits per heavy atom. The number of furan rings is 1. The molecule has 4 rings (SSSR count). The number of thiophene rings is 1. The maximum Gasteiger partial charge on any atom is 0.260 e. The fourth-order valence-electron chi connectivity index (χ4n) is 3.65. The van der Waals surface area contributed by atoms with Crippen molar-refractivity contribution in [2.75, 3.05) is 7.05 Å². The van der Waals surface area contributed by atoms with E-state index in [9.17, 15) is 4.79 Å². The second-order valence-electron chi connectivity index (χ2n) is 7.31. The Bertz CT molecular complexity index is 942. The van der Waals surface area contributed by atoms with Crippen molar-refractivity contribution in [1.82, 2.24) is 9.97 Å². The molecule has 0 saturated heterocycles. The van der Waals surface area contributed by atoms with Crippen LogP contribution in [0.3, 0.4) is 0 Å². The minimum absolute atomic E-state index is 0.0182. The van der Waals surface area contributed by atoms with E-state index in [-0.39, 0.29) is 11.6 Å². The van der Waals surface area contributed by atoms with Crippen LogP contribution in [0.1, 0.15) is 48.3 Å². The lowest BCUT2D eigenvalue weighted by molar-refractivity contribution is -0.925. The third-order valence-electron chi connectivity index (χ3n) is 5.37. The normalized spacial score (nSPS) is 19.7. The second-order valence-corrected chi connectivity index (χ2v) is 8.39. The van der Waals surface area contributed by atoms with Gasteiger partial charge in [-0.15, -0.1) is 11.3 Å². The molecule has 6 heteroatoms. The number of aromatic amines is 1. The molecule has 0 radical (unpaired) electrons. The molecule has 0 spiro atoms. The van der Waals surface area contributed by atoms with Crippen LogP contribution < -0.4 is 10.5 Å². The lowest BCUT2D eigenvalue weighted by Crippen LogP contribution is -3.07. The minimum Gasteiger partial charge on any atom is -0.463 e. The zero-order valence-electron chi connectivity index (χ0n) is 14.9. The van der Waals surface area contributed by atoms with E-state index in [1.165, 1.54) is 15.3 Å². The Labute approximate surface area is 150 Å². The van der Waals surface area contributed by atoms with Crippen LogP contribution in [-0.2, 0) is 19.4 Å². The maximum atomic E-state index is 12.7. The van der Waals surface area contributed by atoms with Crippen molar-refractivity contribution in [3.8, 4) is 0 Å². The summed E-state index contributed by atoms with van der Waals surface area (Å²) in [5.74, 6) is 2.39. The summed E-state index contributed by atoms with van der Waals surface area (Å²) in [6.07, 6.45) is 4.92. The molecular weight excluding hydrogens is 334 g/mol. The highest BCUT2D eigenvalue weighted by atomic mass is 32.1. The number of nitrogens with one attached hydrogen (secondary N) is 2. The molecule has 0 fully saturated rings. The van der Waals surface area contributed by atoms with Gasteiger partial charge in [0.05, 0.1) is 18.7 Å². The highest BCUT2D eigenvalue weighted by Gasteiger charge is 2.25. The summed E-state index contributed by atoms with van der Waals surface area (Å²) in [7, 11) is 2.10. The first kappa shape index (κ1) is 16.5. The first-order valence-electron chi connectivity index (χ1n) is 8.92. The summed E-state index contributed by atoms with van der Waals surface area (Å²) < 4.78 is 5.44. The van der Waals surface area contributed by atoms with Gasteiger partial charge in [0.15, 0.2) is 11.6 Å². The van der Waals surface area contributed by atoms with Gasteiger partial charge in [-0.05, 0) is 49.8 Å². The van der Waals surface area contributed by atoms with Gasteiger partial charge in [-0.1, -0.05) is 6.92 Å². The summed E-state index contributed by atoms with van der Waals surface area (Å²) in [6.45, 7) is 5.14. The molecular formula is C19H24N3O2S+. The molecule has 0 aromatic carbocycles. The molecule has 132 valence electrons. The van der Waals surface area contributed by atoms with Crippen LogP contribution in [0, 0.1) is 5.92 Å². The van der Waals surface area contributed by atoms with Gasteiger partial charge in [0.25, 0.3) is 5.56 Å². The number of hydrogen-bond acceptors (Lipinski definition) is 4. The van der Waals surface area contributed by atoms with E-state index >= 15 is 0 Å². The number of aryl methyl sites for hydroxylation is 1. The van der Waals surface area contributed by atoms with Gasteiger partial charge in [-0.3, -0.25) is 4.79 Å². The van der Waals surface area contributed by atoms with Gasteiger partial charge >= 0.3 is 0 Å². The van der Waals surface area contributed by atoms with Crippen LogP contribution in [0.4, 0.5) is 0 Å². The molecule has 5 nitrogen and oxygen atoms in total. The van der Waals surface area contributed by atoms with Crippen molar-refractivity contribution in [1.29, 1.82) is 0 Å². The molecule has 1 aliphatic carbocycles. The van der Waals surface area contributed by atoms with Crippen LogP contribution in [0.25, 0.3) is 10.2 Å². The Kier molecular flexibility index (Phi) is 4.25. The van der Waals surface area contributed by atoms with Gasteiger partial charge in [-0.2, -0.15) is 0 Å². The number of quaternary nitrogens is 1. The molecule has 3 heterocycles. The molecule has 0 aliphatic heterocycles. The summed E-state index contributed by atoms with van der Waals surface area (Å²) in [4.78, 5) is 24.1. The second kappa shape index (κ2) is 6.42. The predicted molar refractivity (Wildman–Crippen MR) is 99.1 cm³/mol. The zero-order chi connectivity index (χ0) is 17.6. The highest BCUT2D eigenvalue weighted by molar-refractivity contribution is 7.18. The Morgan fingerprint density at radius 1 is 1.52 bits per heavy atom. The lowest BCUT2D eigenvalue weighted by atomic mass is 9.89. The van der Waals surface area contributed by atoms with Crippen LogP contribution in [-0.4, -0.2) is 17.0 Å². The number of H-pyrrole nitrogens is 1. The Morgan fingerprint density at radius 3 is 3.12 bits per heavy atom. The molecule has 3 aromatic rings. The summed E-state index contributed by atoms with van der Waals surface area (Å²) in [5.41, 5.74) is 1.26. The minimum atomic E-state index is 0.0182. The predicted octanol–water partition coefficient (Wildman–Crippen LogP) is 2.48. The topological polar surface area (TPSA) is 63.3 Å². The van der Waals surface area contributed by atoms with Crippen molar-refractivity contribution in [3.05, 3.63) is 50.8 Å². The van der Waals surface area contributed by atoms with Crippen LogP contribution in [0.5, 0.6) is 0 Å². The fourth-order valence-corrected chi connectivity index (χ4v) is 5.04. The van der Waals surface area contributed by atoms with Gasteiger partial charge in [-0.25, -0.2) is 4.98 Å². The first-order chi connectivity index (χ1) is 12.0. The average molecular weight is 358 g/mol. The van der Waals surface area contributed by atoms with Crippen molar-refractivity contribution in [2.24, 2.45) is 5.92 Å². The van der Waals surface area contributed by atoms with Gasteiger partial charge in [0, 0.05) is 4.88 Å². The molecule has 1 unspecified atom stereocenters. The maximum absolute atomic E-state index is 12.7. The number of hydrogen-bond donors (Lipinski definition) is 2. The van der Waals surface area contributed by atoms with Crippen molar-refractivity contribution in [2.45, 2.75) is 45.7 Å². The standard InChI is InChI=1S/C19H23N3O2S/c1-11-6-7-14-15(9-11)25-19-16(14)18(23)20-17(21-19)12(2)22(3)10-13-5-4-8-24-13/h4-5,8,11-12H,6-7,9-10H2,1-3H3,(H,20,21,23)/p+1/t11-,12+/m0/s1. The summed E-state index contributed by atoms with van der Waals surface area (Å²) in [6, 6.07) is 3.96. The van der Waals surface area contributed by atoms with E-state index in [0.717, 1.165) is 47.6 Å². The SMILES string of the molecule is C[C@H]1CCc2c(sc3nc([C@@H](C)[NH+](C)Cc4ccco4)[nH]c(=O)c23)C1. The number of rotatable bonds is 4. The quantitative estimate of drug-likeness (QED) is 0.753.